The molecule has 0 amide bonds. The van der Waals surface area contributed by atoms with Gasteiger partial charge >= 0.3 is 0 Å². The molecule has 0 aliphatic carbocycles. The molecule has 0 unspecified atom stereocenters. The molecule has 1 aromatic heterocycles. The van der Waals surface area contributed by atoms with Gasteiger partial charge in [0.2, 0.25) is 5.13 Å². The van der Waals surface area contributed by atoms with Crippen molar-refractivity contribution < 1.29 is 9.13 Å². The Balaban J connectivity index is 1.35. The van der Waals surface area contributed by atoms with E-state index in [4.69, 9.17) is 4.74 Å². The maximum absolute atomic E-state index is 13.2. The summed E-state index contributed by atoms with van der Waals surface area (Å²) in [6, 6.07) is 24.0. The third-order valence-electron chi connectivity index (χ3n) is 4.10. The van der Waals surface area contributed by atoms with Gasteiger partial charge in [0, 0.05) is 17.0 Å². The van der Waals surface area contributed by atoms with Crippen LogP contribution in [0.3, 0.4) is 0 Å². The largest absolute Gasteiger partial charge is 0.489 e. The average molecular weight is 403 g/mol. The zero-order chi connectivity index (χ0) is 19.9. The van der Waals surface area contributed by atoms with Crippen LogP contribution in [-0.4, -0.2) is 11.2 Å². The van der Waals surface area contributed by atoms with Crippen molar-refractivity contribution in [2.75, 3.05) is 5.43 Å². The van der Waals surface area contributed by atoms with E-state index in [1.54, 1.807) is 18.3 Å². The molecule has 1 N–H and O–H groups in total. The summed E-state index contributed by atoms with van der Waals surface area (Å²) in [5, 5.41) is 7.00. The number of aromatic nitrogens is 1. The van der Waals surface area contributed by atoms with Crippen molar-refractivity contribution >= 4 is 22.7 Å². The van der Waals surface area contributed by atoms with Crippen molar-refractivity contribution in [1.29, 1.82) is 0 Å². The first-order valence-electron chi connectivity index (χ1n) is 9.03. The van der Waals surface area contributed by atoms with E-state index in [9.17, 15) is 4.39 Å². The minimum Gasteiger partial charge on any atom is -0.489 e. The first-order chi connectivity index (χ1) is 14.3. The molecule has 0 fully saturated rings. The zero-order valence-electron chi connectivity index (χ0n) is 15.5. The quantitative estimate of drug-likeness (QED) is 0.305. The van der Waals surface area contributed by atoms with E-state index >= 15 is 0 Å². The van der Waals surface area contributed by atoms with Crippen molar-refractivity contribution in [2.45, 2.75) is 6.61 Å². The second kappa shape index (κ2) is 9.12. The molecular weight excluding hydrogens is 385 g/mol. The molecule has 0 bridgehead atoms. The van der Waals surface area contributed by atoms with E-state index in [0.717, 1.165) is 27.5 Å². The monoisotopic (exact) mass is 403 g/mol. The van der Waals surface area contributed by atoms with Crippen LogP contribution in [0.4, 0.5) is 9.52 Å². The van der Waals surface area contributed by atoms with Crippen LogP contribution in [0.2, 0.25) is 0 Å². The topological polar surface area (TPSA) is 46.5 Å². The van der Waals surface area contributed by atoms with Crippen LogP contribution >= 0.6 is 11.3 Å². The lowest BCUT2D eigenvalue weighted by Crippen LogP contribution is -1.97. The van der Waals surface area contributed by atoms with E-state index in [2.05, 4.69) is 15.5 Å². The maximum Gasteiger partial charge on any atom is 0.203 e. The van der Waals surface area contributed by atoms with E-state index < -0.39 is 0 Å². The van der Waals surface area contributed by atoms with Gasteiger partial charge in [-0.1, -0.05) is 54.6 Å². The molecule has 3 aromatic carbocycles. The molecule has 144 valence electrons. The van der Waals surface area contributed by atoms with Crippen LogP contribution in [-0.2, 0) is 6.61 Å². The van der Waals surface area contributed by atoms with Gasteiger partial charge in [-0.15, -0.1) is 11.3 Å². The Bertz CT molecular complexity index is 1110. The van der Waals surface area contributed by atoms with Gasteiger partial charge in [0.05, 0.1) is 11.9 Å². The molecule has 0 aliphatic heterocycles. The summed E-state index contributed by atoms with van der Waals surface area (Å²) < 4.78 is 18.9. The molecule has 4 rings (SSSR count). The number of ether oxygens (including phenoxy) is 1. The third-order valence-corrected chi connectivity index (χ3v) is 4.85. The SMILES string of the molecule is Fc1cccc(OCc2cccc(C=NNc3nc(-c4ccccc4)cs3)c2)c1. The van der Waals surface area contributed by atoms with E-state index in [0.29, 0.717) is 12.4 Å². The predicted molar refractivity (Wildman–Crippen MR) is 116 cm³/mol. The number of anilines is 1. The Morgan fingerprint density at radius 1 is 1.00 bits per heavy atom. The lowest BCUT2D eigenvalue weighted by molar-refractivity contribution is 0.304. The zero-order valence-corrected chi connectivity index (χ0v) is 16.3. The van der Waals surface area contributed by atoms with E-state index in [1.807, 2.05) is 60.0 Å². The fourth-order valence-electron chi connectivity index (χ4n) is 2.72. The van der Waals surface area contributed by atoms with Crippen LogP contribution in [0, 0.1) is 5.82 Å². The predicted octanol–water partition coefficient (Wildman–Crippen LogP) is 5.97. The van der Waals surface area contributed by atoms with Gasteiger partial charge in [-0.3, -0.25) is 5.43 Å². The van der Waals surface area contributed by atoms with Crippen molar-refractivity contribution in [3.63, 3.8) is 0 Å². The fraction of sp³-hybridized carbons (Fsp3) is 0.0435. The number of nitrogens with zero attached hydrogens (tertiary/aromatic N) is 2. The molecular formula is C23H18FN3OS. The maximum atomic E-state index is 13.2. The van der Waals surface area contributed by atoms with Crippen molar-refractivity contribution in [3.8, 4) is 17.0 Å². The number of rotatable bonds is 7. The van der Waals surface area contributed by atoms with Crippen molar-refractivity contribution in [3.05, 3.63) is 101 Å². The molecule has 0 aliphatic rings. The number of hydrogen-bond donors (Lipinski definition) is 1. The number of benzene rings is 3. The molecule has 0 saturated carbocycles. The van der Waals surface area contributed by atoms with Crippen molar-refractivity contribution in [1.82, 2.24) is 4.98 Å². The van der Waals surface area contributed by atoms with Crippen LogP contribution < -0.4 is 10.2 Å². The van der Waals surface area contributed by atoms with Crippen molar-refractivity contribution in [2.24, 2.45) is 5.10 Å². The Hall–Kier alpha value is -3.51. The van der Waals surface area contributed by atoms with Gasteiger partial charge in [0.1, 0.15) is 18.2 Å². The molecule has 1 heterocycles. The highest BCUT2D eigenvalue weighted by Gasteiger charge is 2.03. The second-order valence-corrected chi connectivity index (χ2v) is 7.12. The summed E-state index contributed by atoms with van der Waals surface area (Å²) in [7, 11) is 0. The van der Waals surface area contributed by atoms with Gasteiger partial charge < -0.3 is 4.74 Å². The third kappa shape index (κ3) is 5.27. The van der Waals surface area contributed by atoms with E-state index in [1.165, 1.54) is 23.5 Å². The fourth-order valence-corrected chi connectivity index (χ4v) is 3.38. The summed E-state index contributed by atoms with van der Waals surface area (Å²) >= 11 is 1.50. The highest BCUT2D eigenvalue weighted by atomic mass is 32.1. The number of thiazole rings is 1. The molecule has 4 aromatic rings. The van der Waals surface area contributed by atoms with Crippen LogP contribution in [0.25, 0.3) is 11.3 Å². The van der Waals surface area contributed by atoms with Gasteiger partial charge in [-0.05, 0) is 29.3 Å². The summed E-state index contributed by atoms with van der Waals surface area (Å²) in [6.07, 6.45) is 1.73. The Morgan fingerprint density at radius 3 is 2.72 bits per heavy atom. The smallest absolute Gasteiger partial charge is 0.203 e. The lowest BCUT2D eigenvalue weighted by atomic mass is 10.1. The number of hydrogen-bond acceptors (Lipinski definition) is 5. The van der Waals surface area contributed by atoms with Gasteiger partial charge in [0.15, 0.2) is 0 Å². The summed E-state index contributed by atoms with van der Waals surface area (Å²) in [4.78, 5) is 4.54. The van der Waals surface area contributed by atoms with Crippen LogP contribution in [0.5, 0.6) is 5.75 Å². The Morgan fingerprint density at radius 2 is 1.86 bits per heavy atom. The first kappa shape index (κ1) is 18.8. The molecule has 0 spiro atoms. The van der Waals surface area contributed by atoms with Crippen LogP contribution in [0.15, 0.2) is 89.3 Å². The molecule has 4 nitrogen and oxygen atoms in total. The summed E-state index contributed by atoms with van der Waals surface area (Å²) in [6.45, 7) is 0.353. The Kier molecular flexibility index (Phi) is 5.92. The first-order valence-corrected chi connectivity index (χ1v) is 9.91. The molecule has 0 atom stereocenters. The molecule has 0 radical (unpaired) electrons. The van der Waals surface area contributed by atoms with Gasteiger partial charge in [-0.25, -0.2) is 9.37 Å². The molecule has 6 heteroatoms. The normalized spacial score (nSPS) is 10.9. The second-order valence-electron chi connectivity index (χ2n) is 6.27. The summed E-state index contributed by atoms with van der Waals surface area (Å²) in [5.41, 5.74) is 6.87. The molecule has 0 saturated heterocycles. The standard InChI is InChI=1S/C23H18FN3OS/c24-20-10-5-11-21(13-20)28-15-18-7-4-6-17(12-18)14-25-27-23-26-22(16-29-23)19-8-2-1-3-9-19/h1-14,16H,15H2,(H,26,27). The minimum absolute atomic E-state index is 0.313. The number of nitrogens with one attached hydrogen (secondary N) is 1. The average Bonchev–Trinajstić information content (AvgIpc) is 3.22. The van der Waals surface area contributed by atoms with Gasteiger partial charge in [-0.2, -0.15) is 5.10 Å². The minimum atomic E-state index is -0.313. The molecule has 29 heavy (non-hydrogen) atoms. The highest BCUT2D eigenvalue weighted by Crippen LogP contribution is 2.24. The summed E-state index contributed by atoms with van der Waals surface area (Å²) in [5.74, 6) is 0.191. The lowest BCUT2D eigenvalue weighted by Gasteiger charge is -2.06. The van der Waals surface area contributed by atoms with Crippen LogP contribution in [0.1, 0.15) is 11.1 Å². The highest BCUT2D eigenvalue weighted by molar-refractivity contribution is 7.14. The van der Waals surface area contributed by atoms with E-state index in [-0.39, 0.29) is 5.82 Å². The van der Waals surface area contributed by atoms with Gasteiger partial charge in [0.25, 0.3) is 0 Å². The Labute approximate surface area is 172 Å². The number of halogens is 1. The number of hydrazone groups is 1.